The summed E-state index contributed by atoms with van der Waals surface area (Å²) in [7, 11) is 2.28. The third kappa shape index (κ3) is 4.11. The van der Waals surface area contributed by atoms with Crippen LogP contribution >= 0.6 is 0 Å². The van der Waals surface area contributed by atoms with E-state index < -0.39 is 0 Å². The van der Waals surface area contributed by atoms with Crippen LogP contribution in [0.2, 0.25) is 0 Å². The SMILES string of the molecule is CN(CC1CC1)C(C)(C/C=C/c1ccccc1)c1ccccc1. The molecule has 1 atom stereocenters. The molecule has 0 aromatic heterocycles. The zero-order chi connectivity index (χ0) is 16.1. The van der Waals surface area contributed by atoms with Gasteiger partial charge in [0.2, 0.25) is 0 Å². The van der Waals surface area contributed by atoms with Crippen LogP contribution < -0.4 is 0 Å². The molecule has 1 nitrogen and oxygen atoms in total. The molecule has 0 saturated heterocycles. The van der Waals surface area contributed by atoms with Gasteiger partial charge in [0.25, 0.3) is 0 Å². The monoisotopic (exact) mass is 305 g/mol. The van der Waals surface area contributed by atoms with Crippen molar-refractivity contribution in [1.29, 1.82) is 0 Å². The van der Waals surface area contributed by atoms with Gasteiger partial charge in [-0.25, -0.2) is 0 Å². The van der Waals surface area contributed by atoms with Crippen LogP contribution in [0.15, 0.2) is 66.7 Å². The van der Waals surface area contributed by atoms with Gasteiger partial charge in [-0.2, -0.15) is 0 Å². The number of rotatable bonds is 7. The van der Waals surface area contributed by atoms with Crippen molar-refractivity contribution in [1.82, 2.24) is 4.90 Å². The second-order valence-corrected chi connectivity index (χ2v) is 6.98. The van der Waals surface area contributed by atoms with Crippen LogP contribution in [-0.4, -0.2) is 18.5 Å². The van der Waals surface area contributed by atoms with Crippen molar-refractivity contribution in [3.05, 3.63) is 77.9 Å². The van der Waals surface area contributed by atoms with Crippen molar-refractivity contribution in [3.63, 3.8) is 0 Å². The van der Waals surface area contributed by atoms with Crippen molar-refractivity contribution < 1.29 is 0 Å². The maximum Gasteiger partial charge on any atom is 0.0464 e. The van der Waals surface area contributed by atoms with E-state index in [0.717, 1.165) is 12.3 Å². The molecule has 1 fully saturated rings. The Morgan fingerprint density at radius 1 is 1.00 bits per heavy atom. The van der Waals surface area contributed by atoms with Crippen molar-refractivity contribution in [2.45, 2.75) is 31.7 Å². The van der Waals surface area contributed by atoms with Crippen LogP contribution in [0.4, 0.5) is 0 Å². The maximum atomic E-state index is 2.55. The second-order valence-electron chi connectivity index (χ2n) is 6.98. The predicted molar refractivity (Wildman–Crippen MR) is 99.2 cm³/mol. The van der Waals surface area contributed by atoms with Crippen LogP contribution in [0.25, 0.3) is 6.08 Å². The van der Waals surface area contributed by atoms with Gasteiger partial charge in [-0.05, 0) is 50.3 Å². The van der Waals surface area contributed by atoms with Crippen molar-refractivity contribution in [3.8, 4) is 0 Å². The summed E-state index contributed by atoms with van der Waals surface area (Å²) >= 11 is 0. The lowest BCUT2D eigenvalue weighted by Crippen LogP contribution is -2.42. The Morgan fingerprint density at radius 2 is 1.61 bits per heavy atom. The quantitative estimate of drug-likeness (QED) is 0.666. The molecule has 1 aliphatic carbocycles. The van der Waals surface area contributed by atoms with E-state index in [9.17, 15) is 0 Å². The summed E-state index contributed by atoms with van der Waals surface area (Å²) in [5.41, 5.74) is 2.73. The van der Waals surface area contributed by atoms with Gasteiger partial charge in [-0.3, -0.25) is 4.90 Å². The molecule has 0 amide bonds. The van der Waals surface area contributed by atoms with Crippen LogP contribution in [0.3, 0.4) is 0 Å². The Labute approximate surface area is 140 Å². The molecule has 0 heterocycles. The van der Waals surface area contributed by atoms with Crippen LogP contribution in [0.5, 0.6) is 0 Å². The molecular weight excluding hydrogens is 278 g/mol. The lowest BCUT2D eigenvalue weighted by Gasteiger charge is -2.39. The van der Waals surface area contributed by atoms with Gasteiger partial charge in [-0.15, -0.1) is 0 Å². The third-order valence-corrected chi connectivity index (χ3v) is 5.09. The van der Waals surface area contributed by atoms with Crippen LogP contribution in [0, 0.1) is 5.92 Å². The minimum Gasteiger partial charge on any atom is -0.296 e. The molecule has 0 aliphatic heterocycles. The van der Waals surface area contributed by atoms with Gasteiger partial charge in [0.1, 0.15) is 0 Å². The largest absolute Gasteiger partial charge is 0.296 e. The van der Waals surface area contributed by atoms with E-state index >= 15 is 0 Å². The smallest absolute Gasteiger partial charge is 0.0464 e. The van der Waals surface area contributed by atoms with Crippen molar-refractivity contribution in [2.24, 2.45) is 5.92 Å². The van der Waals surface area contributed by atoms with Gasteiger partial charge >= 0.3 is 0 Å². The lowest BCUT2D eigenvalue weighted by atomic mass is 9.86. The fourth-order valence-corrected chi connectivity index (χ4v) is 3.17. The lowest BCUT2D eigenvalue weighted by molar-refractivity contribution is 0.133. The highest BCUT2D eigenvalue weighted by Gasteiger charge is 2.34. The minimum absolute atomic E-state index is 0.0507. The van der Waals surface area contributed by atoms with Gasteiger partial charge < -0.3 is 0 Å². The zero-order valence-electron chi connectivity index (χ0n) is 14.3. The van der Waals surface area contributed by atoms with Crippen LogP contribution in [0.1, 0.15) is 37.3 Å². The molecule has 1 aliphatic rings. The highest BCUT2D eigenvalue weighted by atomic mass is 15.2. The molecular formula is C22H27N. The first-order chi connectivity index (χ1) is 11.2. The van der Waals surface area contributed by atoms with Gasteiger partial charge in [0.15, 0.2) is 0 Å². The van der Waals surface area contributed by atoms with E-state index in [0.29, 0.717) is 0 Å². The molecule has 3 rings (SSSR count). The first-order valence-electron chi connectivity index (χ1n) is 8.67. The summed E-state index contributed by atoms with van der Waals surface area (Å²) in [6, 6.07) is 21.5. The Bertz CT molecular complexity index is 628. The Balaban J connectivity index is 1.78. The van der Waals surface area contributed by atoms with Gasteiger partial charge in [0, 0.05) is 12.1 Å². The highest BCUT2D eigenvalue weighted by molar-refractivity contribution is 5.49. The topological polar surface area (TPSA) is 3.24 Å². The molecule has 1 unspecified atom stereocenters. The first kappa shape index (κ1) is 16.0. The molecule has 2 aromatic carbocycles. The van der Waals surface area contributed by atoms with Gasteiger partial charge in [-0.1, -0.05) is 72.8 Å². The van der Waals surface area contributed by atoms with E-state index in [4.69, 9.17) is 0 Å². The fourth-order valence-electron chi connectivity index (χ4n) is 3.17. The zero-order valence-corrected chi connectivity index (χ0v) is 14.3. The molecule has 23 heavy (non-hydrogen) atoms. The average Bonchev–Trinajstić information content (AvgIpc) is 3.40. The molecule has 1 saturated carbocycles. The molecule has 0 radical (unpaired) electrons. The molecule has 0 N–H and O–H groups in total. The van der Waals surface area contributed by atoms with Crippen LogP contribution in [-0.2, 0) is 5.54 Å². The summed E-state index contributed by atoms with van der Waals surface area (Å²) < 4.78 is 0. The van der Waals surface area contributed by atoms with Gasteiger partial charge in [0.05, 0.1) is 0 Å². The highest BCUT2D eigenvalue weighted by Crippen LogP contribution is 2.36. The molecule has 0 spiro atoms. The maximum absolute atomic E-state index is 2.55. The van der Waals surface area contributed by atoms with E-state index in [2.05, 4.69) is 91.7 Å². The summed E-state index contributed by atoms with van der Waals surface area (Å²) in [6.45, 7) is 3.57. The molecule has 0 bridgehead atoms. The summed E-state index contributed by atoms with van der Waals surface area (Å²) in [5, 5.41) is 0. The number of benzene rings is 2. The Hall–Kier alpha value is -1.86. The Morgan fingerprint density at radius 3 is 2.22 bits per heavy atom. The number of nitrogens with zero attached hydrogens (tertiary/aromatic N) is 1. The predicted octanol–water partition coefficient (Wildman–Crippen LogP) is 5.35. The number of hydrogen-bond donors (Lipinski definition) is 0. The van der Waals surface area contributed by atoms with E-state index in [1.807, 2.05) is 0 Å². The standard InChI is InChI=1S/C22H27N/c1-22(21-13-7-4-8-14-21,23(2)18-20-15-16-20)17-9-12-19-10-5-3-6-11-19/h3-14,20H,15-18H2,1-2H3/b12-9+. The summed E-state index contributed by atoms with van der Waals surface area (Å²) in [5.74, 6) is 0.904. The van der Waals surface area contributed by atoms with E-state index in [-0.39, 0.29) is 5.54 Å². The minimum atomic E-state index is 0.0507. The summed E-state index contributed by atoms with van der Waals surface area (Å²) in [4.78, 5) is 2.55. The average molecular weight is 305 g/mol. The van der Waals surface area contributed by atoms with E-state index in [1.54, 1.807) is 0 Å². The normalized spacial score (nSPS) is 17.5. The molecule has 1 heteroatoms. The van der Waals surface area contributed by atoms with E-state index in [1.165, 1.54) is 30.5 Å². The summed E-state index contributed by atoms with van der Waals surface area (Å²) in [6.07, 6.45) is 8.39. The first-order valence-corrected chi connectivity index (χ1v) is 8.67. The van der Waals surface area contributed by atoms with Crippen molar-refractivity contribution in [2.75, 3.05) is 13.6 Å². The molecule has 2 aromatic rings. The number of hydrogen-bond acceptors (Lipinski definition) is 1. The second kappa shape index (κ2) is 7.14. The molecule has 120 valence electrons. The fraction of sp³-hybridized carbons (Fsp3) is 0.364. The third-order valence-electron chi connectivity index (χ3n) is 5.09. The Kier molecular flexibility index (Phi) is 4.97. The van der Waals surface area contributed by atoms with Crippen molar-refractivity contribution >= 4 is 6.08 Å².